The predicted octanol–water partition coefficient (Wildman–Crippen LogP) is 2.46. The van der Waals surface area contributed by atoms with Crippen LogP contribution < -0.4 is 0 Å². The van der Waals surface area contributed by atoms with Gasteiger partial charge in [0.05, 0.1) is 10.6 Å². The van der Waals surface area contributed by atoms with E-state index in [0.29, 0.717) is 4.90 Å². The number of benzene rings is 1. The van der Waals surface area contributed by atoms with Crippen LogP contribution in [0.4, 0.5) is 0 Å². The Morgan fingerprint density at radius 2 is 1.86 bits per heavy atom. The summed E-state index contributed by atoms with van der Waals surface area (Å²) in [6.07, 6.45) is 0. The van der Waals surface area contributed by atoms with Crippen LogP contribution in [0.1, 0.15) is 0 Å². The van der Waals surface area contributed by atoms with E-state index in [-0.39, 0.29) is 16.5 Å². The van der Waals surface area contributed by atoms with Gasteiger partial charge in [-0.3, -0.25) is 0 Å². The topological polar surface area (TPSA) is 34.1 Å². The lowest BCUT2D eigenvalue weighted by Gasteiger charge is -2.06. The molecule has 78 valence electrons. The van der Waals surface area contributed by atoms with Crippen molar-refractivity contribution < 1.29 is 8.42 Å². The monoisotopic (exact) mass is 296 g/mol. The van der Waals surface area contributed by atoms with E-state index in [0.717, 1.165) is 0 Å². The van der Waals surface area contributed by atoms with Gasteiger partial charge in [0.15, 0.2) is 9.84 Å². The first-order valence-corrected chi connectivity index (χ1v) is 7.14. The van der Waals surface area contributed by atoms with E-state index >= 15 is 0 Å². The van der Waals surface area contributed by atoms with Crippen molar-refractivity contribution in [1.82, 2.24) is 0 Å². The van der Waals surface area contributed by atoms with E-state index in [4.69, 9.17) is 11.6 Å². The fourth-order valence-corrected chi connectivity index (χ4v) is 3.65. The molecule has 0 aliphatic rings. The number of sulfone groups is 1. The molecule has 1 aromatic rings. The summed E-state index contributed by atoms with van der Waals surface area (Å²) in [5.41, 5.74) is 0. The van der Waals surface area contributed by atoms with Crippen LogP contribution >= 0.6 is 27.5 Å². The molecule has 0 unspecified atom stereocenters. The Kier molecular flexibility index (Phi) is 4.41. The Hall–Kier alpha value is -0.0600. The molecular formula is C9H10BrClO2S. The number of hydrogen-bond acceptors (Lipinski definition) is 2. The molecule has 1 atom stereocenters. The summed E-state index contributed by atoms with van der Waals surface area (Å²) in [6, 6.07) is 8.37. The average Bonchev–Trinajstić information content (AvgIpc) is 2.18. The maximum absolute atomic E-state index is 11.7. The normalized spacial score (nSPS) is 13.9. The van der Waals surface area contributed by atoms with Crippen LogP contribution in [0.2, 0.25) is 0 Å². The van der Waals surface area contributed by atoms with Gasteiger partial charge in [0.2, 0.25) is 0 Å². The minimum absolute atomic E-state index is 0.0283. The second-order valence-corrected chi connectivity index (χ2v) is 6.48. The molecule has 2 nitrogen and oxygen atoms in total. The molecule has 0 fully saturated rings. The summed E-state index contributed by atoms with van der Waals surface area (Å²) in [7, 11) is -3.20. The summed E-state index contributed by atoms with van der Waals surface area (Å²) in [4.78, 5) is 0.143. The Morgan fingerprint density at radius 1 is 1.29 bits per heavy atom. The minimum atomic E-state index is -3.20. The van der Waals surface area contributed by atoms with E-state index in [1.54, 1.807) is 30.3 Å². The third-order valence-corrected chi connectivity index (χ3v) is 5.32. The third-order valence-electron chi connectivity index (χ3n) is 1.67. The molecule has 0 amide bonds. The zero-order chi connectivity index (χ0) is 10.6. The van der Waals surface area contributed by atoms with Gasteiger partial charge in [0.25, 0.3) is 0 Å². The van der Waals surface area contributed by atoms with Crippen molar-refractivity contribution in [1.29, 1.82) is 0 Å². The molecule has 0 heterocycles. The molecule has 0 saturated heterocycles. The lowest BCUT2D eigenvalue weighted by molar-refractivity contribution is 0.595. The van der Waals surface area contributed by atoms with Crippen molar-refractivity contribution in [3.63, 3.8) is 0 Å². The summed E-state index contributed by atoms with van der Waals surface area (Å²) < 4.78 is 23.4. The van der Waals surface area contributed by atoms with Crippen molar-refractivity contribution in [2.75, 3.05) is 11.6 Å². The Balaban J connectivity index is 2.87. The third kappa shape index (κ3) is 3.26. The Morgan fingerprint density at radius 3 is 2.36 bits per heavy atom. The van der Waals surface area contributed by atoms with Gasteiger partial charge in [0, 0.05) is 10.7 Å². The van der Waals surface area contributed by atoms with Crippen LogP contribution in [0.25, 0.3) is 0 Å². The molecule has 0 spiro atoms. The first-order chi connectivity index (χ1) is 6.56. The minimum Gasteiger partial charge on any atom is -0.224 e. The highest BCUT2D eigenvalue weighted by Crippen LogP contribution is 2.14. The first-order valence-electron chi connectivity index (χ1n) is 4.04. The fraction of sp³-hybridized carbons (Fsp3) is 0.333. The average molecular weight is 298 g/mol. The van der Waals surface area contributed by atoms with Gasteiger partial charge in [-0.25, -0.2) is 8.42 Å². The predicted molar refractivity (Wildman–Crippen MR) is 61.9 cm³/mol. The number of alkyl halides is 2. The molecule has 0 saturated carbocycles. The molecule has 1 rings (SSSR count). The van der Waals surface area contributed by atoms with E-state index in [9.17, 15) is 8.42 Å². The highest BCUT2D eigenvalue weighted by Gasteiger charge is 2.18. The van der Waals surface area contributed by atoms with Crippen LogP contribution in [0, 0.1) is 0 Å². The fourth-order valence-electron chi connectivity index (χ4n) is 1.01. The van der Waals surface area contributed by atoms with Crippen LogP contribution in [-0.2, 0) is 9.84 Å². The van der Waals surface area contributed by atoms with Crippen molar-refractivity contribution >= 4 is 37.4 Å². The second-order valence-electron chi connectivity index (χ2n) is 2.85. The smallest absolute Gasteiger partial charge is 0.179 e. The zero-order valence-electron chi connectivity index (χ0n) is 7.36. The second kappa shape index (κ2) is 5.14. The quantitative estimate of drug-likeness (QED) is 0.800. The van der Waals surface area contributed by atoms with Crippen molar-refractivity contribution in [2.24, 2.45) is 0 Å². The van der Waals surface area contributed by atoms with Crippen molar-refractivity contribution in [2.45, 2.75) is 9.72 Å². The number of halogens is 2. The zero-order valence-corrected chi connectivity index (χ0v) is 10.5. The van der Waals surface area contributed by atoms with E-state index in [2.05, 4.69) is 15.9 Å². The van der Waals surface area contributed by atoms with Crippen molar-refractivity contribution in [3.05, 3.63) is 30.3 Å². The molecule has 1 aromatic carbocycles. The van der Waals surface area contributed by atoms with E-state index in [1.807, 2.05) is 0 Å². The summed E-state index contributed by atoms with van der Waals surface area (Å²) in [5, 5.41) is 0. The molecule has 0 aromatic heterocycles. The standard InChI is InChI=1S/C9H10BrClO2S/c10-8(6-11)7-14(12,13)9-4-2-1-3-5-9/h1-5,8H,6-7H2/t8-/m0/s1. The highest BCUT2D eigenvalue weighted by atomic mass is 79.9. The maximum atomic E-state index is 11.7. The Labute approximate surface area is 97.3 Å². The molecule has 0 aliphatic carbocycles. The lowest BCUT2D eigenvalue weighted by Crippen LogP contribution is -2.17. The van der Waals surface area contributed by atoms with Gasteiger partial charge in [-0.2, -0.15) is 0 Å². The van der Waals surface area contributed by atoms with E-state index < -0.39 is 9.84 Å². The van der Waals surface area contributed by atoms with E-state index in [1.165, 1.54) is 0 Å². The molecule has 0 N–H and O–H groups in total. The van der Waals surface area contributed by atoms with Crippen LogP contribution in [-0.4, -0.2) is 24.9 Å². The molecule has 0 bridgehead atoms. The molecule has 5 heteroatoms. The SMILES string of the molecule is O=S(=O)(C[C@@H](Br)CCl)c1ccccc1. The van der Waals surface area contributed by atoms with Gasteiger partial charge in [-0.05, 0) is 12.1 Å². The van der Waals surface area contributed by atoms with Gasteiger partial charge < -0.3 is 0 Å². The largest absolute Gasteiger partial charge is 0.224 e. The molecule has 0 aliphatic heterocycles. The van der Waals surface area contributed by atoms with Crippen molar-refractivity contribution in [3.8, 4) is 0 Å². The van der Waals surface area contributed by atoms with Crippen LogP contribution in [0.15, 0.2) is 35.2 Å². The summed E-state index contributed by atoms with van der Waals surface area (Å²) >= 11 is 8.73. The van der Waals surface area contributed by atoms with Gasteiger partial charge >= 0.3 is 0 Å². The summed E-state index contributed by atoms with van der Waals surface area (Å²) in [5.74, 6) is 0.312. The molecule has 14 heavy (non-hydrogen) atoms. The van der Waals surface area contributed by atoms with Crippen LogP contribution in [0.3, 0.4) is 0 Å². The van der Waals surface area contributed by atoms with Gasteiger partial charge in [-0.15, -0.1) is 11.6 Å². The number of rotatable bonds is 4. The summed E-state index contributed by atoms with van der Waals surface area (Å²) in [6.45, 7) is 0. The highest BCUT2D eigenvalue weighted by molar-refractivity contribution is 9.09. The lowest BCUT2D eigenvalue weighted by atomic mass is 10.4. The number of hydrogen-bond donors (Lipinski definition) is 0. The maximum Gasteiger partial charge on any atom is 0.179 e. The van der Waals surface area contributed by atoms with Gasteiger partial charge in [0.1, 0.15) is 0 Å². The Bertz CT molecular complexity index is 377. The molecular weight excluding hydrogens is 288 g/mol. The molecule has 0 radical (unpaired) electrons. The van der Waals surface area contributed by atoms with Gasteiger partial charge in [-0.1, -0.05) is 34.1 Å². The first kappa shape index (κ1) is 12.0. The van der Waals surface area contributed by atoms with Crippen LogP contribution in [0.5, 0.6) is 0 Å².